The van der Waals surface area contributed by atoms with E-state index in [1.807, 2.05) is 19.1 Å². The van der Waals surface area contributed by atoms with Gasteiger partial charge >= 0.3 is 0 Å². The summed E-state index contributed by atoms with van der Waals surface area (Å²) in [6.45, 7) is 6.22. The van der Waals surface area contributed by atoms with E-state index in [2.05, 4.69) is 41.6 Å². The number of halogens is 1. The van der Waals surface area contributed by atoms with Gasteiger partial charge in [0.05, 0.1) is 5.69 Å². The molecule has 21 heavy (non-hydrogen) atoms. The van der Waals surface area contributed by atoms with Crippen LogP contribution in [0.4, 0.5) is 0 Å². The first-order valence-corrected chi connectivity index (χ1v) is 7.62. The maximum atomic E-state index is 5.95. The van der Waals surface area contributed by atoms with Gasteiger partial charge in [0.25, 0.3) is 0 Å². The Bertz CT molecular complexity index is 805. The maximum Gasteiger partial charge on any atom is 0.164 e. The zero-order valence-corrected chi connectivity index (χ0v) is 13.3. The first kappa shape index (κ1) is 14.1. The summed E-state index contributed by atoms with van der Waals surface area (Å²) in [6.07, 6.45) is 0.726. The quantitative estimate of drug-likeness (QED) is 0.681. The molecule has 0 atom stereocenters. The van der Waals surface area contributed by atoms with E-state index in [-0.39, 0.29) is 0 Å². The van der Waals surface area contributed by atoms with Crippen LogP contribution in [-0.4, -0.2) is 20.4 Å². The number of rotatable bonds is 3. The highest BCUT2D eigenvalue weighted by Gasteiger charge is 2.15. The van der Waals surface area contributed by atoms with Crippen molar-refractivity contribution in [3.63, 3.8) is 0 Å². The number of pyridine rings is 1. The van der Waals surface area contributed by atoms with Crippen LogP contribution in [0.3, 0.4) is 0 Å². The van der Waals surface area contributed by atoms with E-state index in [4.69, 9.17) is 16.6 Å². The molecular formula is C17H18ClN3. The maximum absolute atomic E-state index is 5.95. The van der Waals surface area contributed by atoms with Gasteiger partial charge < -0.3 is 0 Å². The number of benzene rings is 1. The smallest absolute Gasteiger partial charge is 0.164 e. The van der Waals surface area contributed by atoms with Crippen LogP contribution in [0, 0.1) is 20.8 Å². The van der Waals surface area contributed by atoms with Crippen molar-refractivity contribution in [3.05, 3.63) is 53.0 Å². The molecule has 0 bridgehead atoms. The predicted octanol–water partition coefficient (Wildman–Crippen LogP) is 4.13. The van der Waals surface area contributed by atoms with Crippen LogP contribution < -0.4 is 0 Å². The minimum absolute atomic E-state index is 0.549. The van der Waals surface area contributed by atoms with Gasteiger partial charge in [0.1, 0.15) is 11.3 Å². The lowest BCUT2D eigenvalue weighted by Crippen LogP contribution is -2.05. The molecule has 0 N–H and O–H groups in total. The first-order chi connectivity index (χ1) is 10.1. The van der Waals surface area contributed by atoms with Gasteiger partial charge in [0, 0.05) is 18.0 Å². The highest BCUT2D eigenvalue weighted by molar-refractivity contribution is 6.17. The van der Waals surface area contributed by atoms with E-state index >= 15 is 0 Å². The molecule has 0 saturated carbocycles. The number of alkyl halides is 1. The number of hydrogen-bond donors (Lipinski definition) is 0. The van der Waals surface area contributed by atoms with Gasteiger partial charge in [-0.15, -0.1) is 11.6 Å². The van der Waals surface area contributed by atoms with Crippen LogP contribution in [0.2, 0.25) is 0 Å². The minimum atomic E-state index is 0.549. The molecule has 0 fully saturated rings. The highest BCUT2D eigenvalue weighted by Crippen LogP contribution is 2.24. The van der Waals surface area contributed by atoms with Crippen molar-refractivity contribution in [2.75, 3.05) is 5.88 Å². The molecule has 0 amide bonds. The Labute approximate surface area is 129 Å². The normalized spacial score (nSPS) is 11.2. The molecule has 3 nitrogen and oxygen atoms in total. The predicted molar refractivity (Wildman–Crippen MR) is 87.5 cm³/mol. The Morgan fingerprint density at radius 3 is 2.57 bits per heavy atom. The van der Waals surface area contributed by atoms with Gasteiger partial charge in [0.2, 0.25) is 0 Å². The van der Waals surface area contributed by atoms with Crippen molar-refractivity contribution < 1.29 is 0 Å². The average molecular weight is 300 g/mol. The van der Waals surface area contributed by atoms with E-state index in [0.29, 0.717) is 5.88 Å². The fraction of sp³-hybridized carbons (Fsp3) is 0.294. The Morgan fingerprint density at radius 2 is 1.86 bits per heavy atom. The summed E-state index contributed by atoms with van der Waals surface area (Å²) in [4.78, 5) is 9.38. The van der Waals surface area contributed by atoms with Crippen LogP contribution in [0.1, 0.15) is 22.6 Å². The highest BCUT2D eigenvalue weighted by atomic mass is 35.5. The fourth-order valence-electron chi connectivity index (χ4n) is 2.66. The molecule has 4 heteroatoms. The number of aryl methyl sites for hydroxylation is 4. The van der Waals surface area contributed by atoms with E-state index in [0.717, 1.165) is 34.8 Å². The Morgan fingerprint density at radius 1 is 1.05 bits per heavy atom. The summed E-state index contributed by atoms with van der Waals surface area (Å²) in [6, 6.07) is 10.4. The average Bonchev–Trinajstić information content (AvgIpc) is 2.77. The van der Waals surface area contributed by atoms with Gasteiger partial charge in [-0.1, -0.05) is 17.7 Å². The summed E-state index contributed by atoms with van der Waals surface area (Å²) in [5.74, 6) is 1.51. The lowest BCUT2D eigenvalue weighted by atomic mass is 10.1. The summed E-state index contributed by atoms with van der Waals surface area (Å²) in [7, 11) is 0. The summed E-state index contributed by atoms with van der Waals surface area (Å²) in [5.41, 5.74) is 6.41. The zero-order valence-electron chi connectivity index (χ0n) is 12.5. The fourth-order valence-corrected chi connectivity index (χ4v) is 2.83. The van der Waals surface area contributed by atoms with Crippen LogP contribution in [-0.2, 0) is 6.42 Å². The van der Waals surface area contributed by atoms with Gasteiger partial charge in [-0.2, -0.15) is 0 Å². The molecule has 0 radical (unpaired) electrons. The second-order valence-corrected chi connectivity index (χ2v) is 5.77. The van der Waals surface area contributed by atoms with Crippen molar-refractivity contribution in [1.82, 2.24) is 14.5 Å². The van der Waals surface area contributed by atoms with Crippen molar-refractivity contribution in [2.24, 2.45) is 0 Å². The minimum Gasteiger partial charge on any atom is -0.280 e. The SMILES string of the molecule is Cc1ccc(-n2c(CCCl)nc3ccc(C)nc32)c(C)c1. The Balaban J connectivity index is 2.32. The molecule has 0 aliphatic carbocycles. The standard InChI is InChI=1S/C17H18ClN3/c1-11-4-7-15(12(2)10-11)21-16(8-9-18)20-14-6-5-13(3)19-17(14)21/h4-7,10H,8-9H2,1-3H3. The number of hydrogen-bond acceptors (Lipinski definition) is 2. The number of fused-ring (bicyclic) bond motifs is 1. The third-order valence-electron chi connectivity index (χ3n) is 3.62. The molecule has 3 rings (SSSR count). The van der Waals surface area contributed by atoms with E-state index in [1.54, 1.807) is 0 Å². The Hall–Kier alpha value is -1.87. The summed E-state index contributed by atoms with van der Waals surface area (Å²) < 4.78 is 2.14. The van der Waals surface area contributed by atoms with Crippen LogP contribution >= 0.6 is 11.6 Å². The monoisotopic (exact) mass is 299 g/mol. The van der Waals surface area contributed by atoms with Crippen LogP contribution in [0.25, 0.3) is 16.9 Å². The van der Waals surface area contributed by atoms with Crippen LogP contribution in [0.5, 0.6) is 0 Å². The first-order valence-electron chi connectivity index (χ1n) is 7.08. The van der Waals surface area contributed by atoms with Gasteiger partial charge in [0.15, 0.2) is 5.65 Å². The third-order valence-corrected chi connectivity index (χ3v) is 3.81. The van der Waals surface area contributed by atoms with Gasteiger partial charge in [-0.3, -0.25) is 4.57 Å². The second kappa shape index (κ2) is 5.49. The van der Waals surface area contributed by atoms with Gasteiger partial charge in [-0.05, 0) is 44.5 Å². The molecule has 2 aromatic heterocycles. The van der Waals surface area contributed by atoms with E-state index < -0.39 is 0 Å². The molecule has 108 valence electrons. The molecular weight excluding hydrogens is 282 g/mol. The molecule has 0 aliphatic rings. The lowest BCUT2D eigenvalue weighted by Gasteiger charge is -2.12. The molecule has 0 saturated heterocycles. The number of imidazole rings is 1. The van der Waals surface area contributed by atoms with Crippen molar-refractivity contribution in [3.8, 4) is 5.69 Å². The number of nitrogens with zero attached hydrogens (tertiary/aromatic N) is 3. The van der Waals surface area contributed by atoms with E-state index in [9.17, 15) is 0 Å². The summed E-state index contributed by atoms with van der Waals surface area (Å²) >= 11 is 5.95. The van der Waals surface area contributed by atoms with Crippen molar-refractivity contribution >= 4 is 22.8 Å². The zero-order chi connectivity index (χ0) is 15.0. The molecule has 1 aromatic carbocycles. The molecule has 0 spiro atoms. The topological polar surface area (TPSA) is 30.7 Å². The van der Waals surface area contributed by atoms with Crippen LogP contribution in [0.15, 0.2) is 30.3 Å². The number of aromatic nitrogens is 3. The molecule has 0 unspecified atom stereocenters. The largest absolute Gasteiger partial charge is 0.280 e. The van der Waals surface area contributed by atoms with Gasteiger partial charge in [-0.25, -0.2) is 9.97 Å². The molecule has 0 aliphatic heterocycles. The lowest BCUT2D eigenvalue weighted by molar-refractivity contribution is 0.898. The van der Waals surface area contributed by atoms with Crippen molar-refractivity contribution in [2.45, 2.75) is 27.2 Å². The van der Waals surface area contributed by atoms with E-state index in [1.165, 1.54) is 11.1 Å². The molecule has 3 aromatic rings. The second-order valence-electron chi connectivity index (χ2n) is 5.39. The summed E-state index contributed by atoms with van der Waals surface area (Å²) in [5, 5.41) is 0. The van der Waals surface area contributed by atoms with Crippen molar-refractivity contribution in [1.29, 1.82) is 0 Å². The molecule has 2 heterocycles. The third kappa shape index (κ3) is 2.54. The Kier molecular flexibility index (Phi) is 3.68.